The Bertz CT molecular complexity index is 1240. The van der Waals surface area contributed by atoms with Crippen LogP contribution in [0, 0.1) is 12.8 Å². The molecule has 0 bridgehead atoms. The number of phenols is 2. The molecular weight excluding hydrogens is 505 g/mol. The summed E-state index contributed by atoms with van der Waals surface area (Å²) in [5.74, 6) is -4.66. The van der Waals surface area contributed by atoms with Crippen LogP contribution in [0.25, 0.3) is 12.2 Å². The normalized spacial score (nSPS) is 13.0. The van der Waals surface area contributed by atoms with Crippen molar-refractivity contribution in [2.75, 3.05) is 0 Å². The SMILES string of the molecule is Cc1cc(/C=C/C(=O)C(CCC(=O)OC(C)(C)C)C(=O)/C=C/c2ccc(O)c(OC(F)(F)F)c2)ccc1O. The number of halogens is 3. The Hall–Kier alpha value is -4.08. The number of benzene rings is 2. The summed E-state index contributed by atoms with van der Waals surface area (Å²) in [4.78, 5) is 38.1. The molecule has 0 saturated carbocycles. The van der Waals surface area contributed by atoms with E-state index in [2.05, 4.69) is 4.74 Å². The lowest BCUT2D eigenvalue weighted by Crippen LogP contribution is -2.26. The molecular formula is C28H29F3O7. The van der Waals surface area contributed by atoms with Crippen molar-refractivity contribution in [1.29, 1.82) is 0 Å². The maximum absolute atomic E-state index is 13.0. The number of hydrogen-bond acceptors (Lipinski definition) is 7. The lowest BCUT2D eigenvalue weighted by molar-refractivity contribution is -0.275. The molecule has 2 aromatic carbocycles. The van der Waals surface area contributed by atoms with Gasteiger partial charge in [-0.2, -0.15) is 0 Å². The van der Waals surface area contributed by atoms with Crippen LogP contribution in [0.2, 0.25) is 0 Å². The van der Waals surface area contributed by atoms with Gasteiger partial charge in [-0.3, -0.25) is 14.4 Å². The van der Waals surface area contributed by atoms with E-state index in [0.29, 0.717) is 11.1 Å². The van der Waals surface area contributed by atoms with Gasteiger partial charge in [0.2, 0.25) is 0 Å². The molecule has 204 valence electrons. The molecule has 10 heteroatoms. The van der Waals surface area contributed by atoms with Gasteiger partial charge in [-0.15, -0.1) is 13.2 Å². The molecule has 0 aliphatic heterocycles. The molecule has 0 radical (unpaired) electrons. The van der Waals surface area contributed by atoms with Crippen LogP contribution < -0.4 is 4.74 Å². The summed E-state index contributed by atoms with van der Waals surface area (Å²) < 4.78 is 46.7. The number of carbonyl (C=O) groups is 3. The monoisotopic (exact) mass is 534 g/mol. The molecule has 7 nitrogen and oxygen atoms in total. The van der Waals surface area contributed by atoms with E-state index in [1.165, 1.54) is 30.4 Å². The lowest BCUT2D eigenvalue weighted by atomic mass is 9.92. The summed E-state index contributed by atoms with van der Waals surface area (Å²) in [6, 6.07) is 7.79. The molecule has 0 heterocycles. The number of rotatable bonds is 10. The predicted octanol–water partition coefficient (Wildman–Crippen LogP) is 5.91. The first kappa shape index (κ1) is 30.1. The largest absolute Gasteiger partial charge is 0.573 e. The van der Waals surface area contributed by atoms with Gasteiger partial charge in [0.25, 0.3) is 0 Å². The van der Waals surface area contributed by atoms with Crippen molar-refractivity contribution in [2.45, 2.75) is 52.5 Å². The number of esters is 1. The van der Waals surface area contributed by atoms with E-state index in [1.54, 1.807) is 39.8 Å². The van der Waals surface area contributed by atoms with Crippen molar-refractivity contribution >= 4 is 29.7 Å². The van der Waals surface area contributed by atoms with Crippen LogP contribution in [0.15, 0.2) is 48.6 Å². The molecule has 2 aromatic rings. The second-order valence-corrected chi connectivity index (χ2v) is 9.47. The molecule has 0 aliphatic carbocycles. The highest BCUT2D eigenvalue weighted by atomic mass is 19.4. The molecule has 0 saturated heterocycles. The van der Waals surface area contributed by atoms with Gasteiger partial charge in [0.05, 0.1) is 5.92 Å². The van der Waals surface area contributed by atoms with Gasteiger partial charge in [-0.05, 0) is 87.2 Å². The maximum Gasteiger partial charge on any atom is 0.573 e. The van der Waals surface area contributed by atoms with Gasteiger partial charge in [0, 0.05) is 6.42 Å². The highest BCUT2D eigenvalue weighted by Crippen LogP contribution is 2.32. The zero-order chi connectivity index (χ0) is 28.7. The number of ketones is 2. The van der Waals surface area contributed by atoms with E-state index >= 15 is 0 Å². The topological polar surface area (TPSA) is 110 Å². The molecule has 2 N–H and O–H groups in total. The second kappa shape index (κ2) is 12.4. The second-order valence-electron chi connectivity index (χ2n) is 9.47. The van der Waals surface area contributed by atoms with Gasteiger partial charge in [0.15, 0.2) is 23.1 Å². The molecule has 0 fully saturated rings. The zero-order valence-corrected chi connectivity index (χ0v) is 21.3. The van der Waals surface area contributed by atoms with Crippen LogP contribution in [-0.2, 0) is 19.1 Å². The van der Waals surface area contributed by atoms with E-state index in [4.69, 9.17) is 4.74 Å². The number of allylic oxidation sites excluding steroid dienone is 2. The lowest BCUT2D eigenvalue weighted by Gasteiger charge is -2.20. The maximum atomic E-state index is 13.0. The van der Waals surface area contributed by atoms with Crippen molar-refractivity contribution in [1.82, 2.24) is 0 Å². The van der Waals surface area contributed by atoms with Crippen molar-refractivity contribution in [2.24, 2.45) is 5.92 Å². The molecule has 1 unspecified atom stereocenters. The minimum atomic E-state index is -5.03. The van der Waals surface area contributed by atoms with Crippen LogP contribution >= 0.6 is 0 Å². The van der Waals surface area contributed by atoms with Gasteiger partial charge in [-0.25, -0.2) is 0 Å². The van der Waals surface area contributed by atoms with Crippen molar-refractivity contribution < 1.29 is 47.2 Å². The minimum Gasteiger partial charge on any atom is -0.508 e. The highest BCUT2D eigenvalue weighted by molar-refractivity contribution is 6.13. The fourth-order valence-corrected chi connectivity index (χ4v) is 3.29. The van der Waals surface area contributed by atoms with Crippen molar-refractivity contribution in [3.05, 3.63) is 65.2 Å². The fraction of sp³-hybridized carbons (Fsp3) is 0.321. The van der Waals surface area contributed by atoms with Gasteiger partial charge >= 0.3 is 12.3 Å². The van der Waals surface area contributed by atoms with Crippen LogP contribution in [0.3, 0.4) is 0 Å². The van der Waals surface area contributed by atoms with Crippen LogP contribution in [0.1, 0.15) is 50.3 Å². The number of phenolic OH excluding ortho intramolecular Hbond substituents is 2. The molecule has 2 rings (SSSR count). The summed E-state index contributed by atoms with van der Waals surface area (Å²) in [7, 11) is 0. The standard InChI is InChI=1S/C28H29F3O7/c1-17-15-18(5-10-21(17)32)6-11-22(33)20(9-14-26(36)38-27(2,3)4)23(34)12-7-19-8-13-24(35)25(16-19)37-28(29,30)31/h5-8,10-13,15-16,20,32,35H,9,14H2,1-4H3/b11-6+,12-7+. The molecule has 0 aromatic heterocycles. The Kier molecular flexibility index (Phi) is 9.87. The first-order chi connectivity index (χ1) is 17.5. The predicted molar refractivity (Wildman–Crippen MR) is 134 cm³/mol. The van der Waals surface area contributed by atoms with Gasteiger partial charge < -0.3 is 19.7 Å². The van der Waals surface area contributed by atoms with Gasteiger partial charge in [0.1, 0.15) is 11.4 Å². The number of hydrogen-bond donors (Lipinski definition) is 2. The van der Waals surface area contributed by atoms with E-state index in [0.717, 1.165) is 18.2 Å². The number of aryl methyl sites for hydroxylation is 1. The number of carbonyl (C=O) groups excluding carboxylic acids is 3. The molecule has 0 spiro atoms. The Morgan fingerprint density at radius 3 is 1.92 bits per heavy atom. The van der Waals surface area contributed by atoms with E-state index < -0.39 is 46.9 Å². The summed E-state index contributed by atoms with van der Waals surface area (Å²) >= 11 is 0. The average Bonchev–Trinajstić information content (AvgIpc) is 2.78. The highest BCUT2D eigenvalue weighted by Gasteiger charge is 2.32. The van der Waals surface area contributed by atoms with E-state index in [-0.39, 0.29) is 24.2 Å². The Morgan fingerprint density at radius 1 is 0.895 bits per heavy atom. The zero-order valence-electron chi connectivity index (χ0n) is 21.3. The Balaban J connectivity index is 2.26. The fourth-order valence-electron chi connectivity index (χ4n) is 3.29. The smallest absolute Gasteiger partial charge is 0.508 e. The first-order valence-electron chi connectivity index (χ1n) is 11.6. The third kappa shape index (κ3) is 10.1. The van der Waals surface area contributed by atoms with Crippen LogP contribution in [0.4, 0.5) is 13.2 Å². The molecule has 0 amide bonds. The van der Waals surface area contributed by atoms with Gasteiger partial charge in [-0.1, -0.05) is 24.3 Å². The Morgan fingerprint density at radius 2 is 1.42 bits per heavy atom. The summed E-state index contributed by atoms with van der Waals surface area (Å²) in [6.07, 6.45) is -0.570. The minimum absolute atomic E-state index is 0.0852. The van der Waals surface area contributed by atoms with Crippen LogP contribution in [0.5, 0.6) is 17.2 Å². The summed E-state index contributed by atoms with van der Waals surface area (Å²) in [6.45, 7) is 6.72. The summed E-state index contributed by atoms with van der Waals surface area (Å²) in [5, 5.41) is 19.3. The molecule has 0 aliphatic rings. The number of ether oxygens (including phenoxy) is 2. The average molecular weight is 535 g/mol. The summed E-state index contributed by atoms with van der Waals surface area (Å²) in [5.41, 5.74) is 0.530. The van der Waals surface area contributed by atoms with E-state index in [9.17, 15) is 37.8 Å². The van der Waals surface area contributed by atoms with Crippen molar-refractivity contribution in [3.63, 3.8) is 0 Å². The third-order valence-electron chi connectivity index (χ3n) is 5.05. The molecule has 1 atom stereocenters. The van der Waals surface area contributed by atoms with Crippen LogP contribution in [-0.4, -0.2) is 39.7 Å². The number of alkyl halides is 3. The Labute approximate surface area is 218 Å². The van der Waals surface area contributed by atoms with Crippen molar-refractivity contribution in [3.8, 4) is 17.2 Å². The van der Waals surface area contributed by atoms with E-state index in [1.807, 2.05) is 0 Å². The quantitative estimate of drug-likeness (QED) is 0.222. The third-order valence-corrected chi connectivity index (χ3v) is 5.05. The first-order valence-corrected chi connectivity index (χ1v) is 11.6. The molecule has 38 heavy (non-hydrogen) atoms. The number of aromatic hydroxyl groups is 2.